The van der Waals surface area contributed by atoms with Crippen molar-refractivity contribution in [3.63, 3.8) is 0 Å². The van der Waals surface area contributed by atoms with Crippen molar-refractivity contribution in [3.8, 4) is 22.6 Å². The first kappa shape index (κ1) is 31.9. The zero-order valence-electron chi connectivity index (χ0n) is 26.8. The van der Waals surface area contributed by atoms with E-state index in [1.807, 2.05) is 31.1 Å². The van der Waals surface area contributed by atoms with Crippen molar-refractivity contribution in [3.05, 3.63) is 123 Å². The number of hydrogen-bond acceptors (Lipinski definition) is 7. The molecule has 0 unspecified atom stereocenters. The monoisotopic (exact) mass is 665 g/mol. The third-order valence-electron chi connectivity index (χ3n) is 8.91. The van der Waals surface area contributed by atoms with Crippen LogP contribution in [0.2, 0.25) is 0 Å². The molecule has 250 valence electrons. The molecule has 7 rings (SSSR count). The highest BCUT2D eigenvalue weighted by Gasteiger charge is 2.29. The molecule has 11 nitrogen and oxygen atoms in total. The van der Waals surface area contributed by atoms with Gasteiger partial charge in [0.2, 0.25) is 0 Å². The summed E-state index contributed by atoms with van der Waals surface area (Å²) in [7, 11) is 3.88. The summed E-state index contributed by atoms with van der Waals surface area (Å²) in [5.74, 6) is -1.48. The lowest BCUT2D eigenvalue weighted by Gasteiger charge is -2.30. The first-order chi connectivity index (χ1) is 23.5. The third kappa shape index (κ3) is 6.20. The number of carbonyl (C=O) groups excluding carboxylic acids is 1. The topological polar surface area (TPSA) is 127 Å². The molecule has 1 saturated carbocycles. The van der Waals surface area contributed by atoms with Gasteiger partial charge in [-0.1, -0.05) is 24.3 Å². The van der Waals surface area contributed by atoms with Crippen LogP contribution in [0.25, 0.3) is 33.5 Å². The molecular weight excluding hydrogens is 632 g/mol. The van der Waals surface area contributed by atoms with Crippen molar-refractivity contribution < 1.29 is 18.7 Å². The second-order valence-corrected chi connectivity index (χ2v) is 12.7. The number of aromatic nitrogens is 5. The fraction of sp³-hybridized carbons (Fsp3) is 0.250. The van der Waals surface area contributed by atoms with Crippen LogP contribution in [0.1, 0.15) is 47.8 Å². The predicted molar refractivity (Wildman–Crippen MR) is 180 cm³/mol. The van der Waals surface area contributed by atoms with Gasteiger partial charge in [0.15, 0.2) is 5.65 Å². The number of aromatic hydroxyl groups is 1. The molecule has 4 heterocycles. The Labute approximate surface area is 278 Å². The van der Waals surface area contributed by atoms with Crippen LogP contribution in [0, 0.1) is 11.6 Å². The van der Waals surface area contributed by atoms with E-state index in [0.717, 1.165) is 17.8 Å². The Morgan fingerprint density at radius 1 is 0.980 bits per heavy atom. The van der Waals surface area contributed by atoms with E-state index in [2.05, 4.69) is 15.3 Å². The minimum atomic E-state index is -0.709. The fourth-order valence-corrected chi connectivity index (χ4v) is 6.65. The highest BCUT2D eigenvalue weighted by atomic mass is 19.1. The number of phenolic OH excluding ortho intramolecular Hbond substituents is 1. The Bertz CT molecular complexity index is 2360. The highest BCUT2D eigenvalue weighted by molar-refractivity contribution is 5.93. The number of benzene rings is 2. The number of imidazole rings is 1. The van der Waals surface area contributed by atoms with Gasteiger partial charge < -0.3 is 19.7 Å². The van der Waals surface area contributed by atoms with Gasteiger partial charge in [-0.3, -0.25) is 14.2 Å². The van der Waals surface area contributed by atoms with Gasteiger partial charge in [0.05, 0.1) is 17.3 Å². The molecule has 13 heteroatoms. The lowest BCUT2D eigenvalue weighted by molar-refractivity contribution is 0.0917. The molecule has 2 N–H and O–H groups in total. The van der Waals surface area contributed by atoms with E-state index in [-0.39, 0.29) is 28.5 Å². The number of halogens is 2. The van der Waals surface area contributed by atoms with Gasteiger partial charge in [0, 0.05) is 36.6 Å². The van der Waals surface area contributed by atoms with E-state index >= 15 is 0 Å². The summed E-state index contributed by atoms with van der Waals surface area (Å²) in [4.78, 5) is 51.4. The second-order valence-electron chi connectivity index (χ2n) is 12.7. The Morgan fingerprint density at radius 3 is 2.53 bits per heavy atom. The largest absolute Gasteiger partial charge is 0.507 e. The van der Waals surface area contributed by atoms with Crippen molar-refractivity contribution in [2.75, 3.05) is 14.1 Å². The van der Waals surface area contributed by atoms with E-state index in [9.17, 15) is 28.3 Å². The molecule has 0 saturated heterocycles. The van der Waals surface area contributed by atoms with Crippen LogP contribution in [0.15, 0.2) is 88.8 Å². The zero-order chi connectivity index (χ0) is 34.4. The van der Waals surface area contributed by atoms with Gasteiger partial charge in [-0.05, 0) is 87.3 Å². The number of amides is 1. The van der Waals surface area contributed by atoms with E-state index in [1.54, 1.807) is 30.3 Å². The molecule has 49 heavy (non-hydrogen) atoms. The van der Waals surface area contributed by atoms with Gasteiger partial charge in [-0.15, -0.1) is 0 Å². The summed E-state index contributed by atoms with van der Waals surface area (Å²) in [6.45, 7) is 0.650. The predicted octanol–water partition coefficient (Wildman–Crippen LogP) is 4.82. The highest BCUT2D eigenvalue weighted by Crippen LogP contribution is 2.32. The lowest BCUT2D eigenvalue weighted by Crippen LogP contribution is -2.45. The van der Waals surface area contributed by atoms with Crippen molar-refractivity contribution >= 4 is 22.6 Å². The van der Waals surface area contributed by atoms with E-state index in [1.165, 1.54) is 38.1 Å². The van der Waals surface area contributed by atoms with E-state index in [4.69, 9.17) is 0 Å². The van der Waals surface area contributed by atoms with Crippen molar-refractivity contribution in [2.45, 2.75) is 44.3 Å². The number of phenols is 1. The van der Waals surface area contributed by atoms with Gasteiger partial charge in [-0.25, -0.2) is 28.1 Å². The number of rotatable bonds is 7. The van der Waals surface area contributed by atoms with Gasteiger partial charge in [-0.2, -0.15) is 0 Å². The summed E-state index contributed by atoms with van der Waals surface area (Å²) in [5, 5.41) is 13.8. The molecule has 0 spiro atoms. The molecule has 1 fully saturated rings. The summed E-state index contributed by atoms with van der Waals surface area (Å²) in [6.07, 6.45) is 5.42. The van der Waals surface area contributed by atoms with Crippen molar-refractivity contribution in [1.29, 1.82) is 0 Å². The summed E-state index contributed by atoms with van der Waals surface area (Å²) in [5.41, 5.74) is 1.87. The number of fused-ring (bicyclic) bond motifs is 2. The summed E-state index contributed by atoms with van der Waals surface area (Å²) in [6, 6.07) is 15.5. The molecule has 0 radical (unpaired) electrons. The molecule has 6 aromatic rings. The molecule has 0 atom stereocenters. The van der Waals surface area contributed by atoms with Gasteiger partial charge in [0.1, 0.15) is 28.7 Å². The third-order valence-corrected chi connectivity index (χ3v) is 8.91. The number of nitrogens with zero attached hydrogens (tertiary/aromatic N) is 6. The first-order valence-corrected chi connectivity index (χ1v) is 15.9. The Hall–Kier alpha value is -5.69. The van der Waals surface area contributed by atoms with Crippen molar-refractivity contribution in [2.24, 2.45) is 0 Å². The quantitative estimate of drug-likeness (QED) is 0.250. The fourth-order valence-electron chi connectivity index (χ4n) is 6.65. The Balaban J connectivity index is 1.19. The first-order valence-electron chi connectivity index (χ1n) is 15.9. The number of nitrogens with one attached hydrogen (secondary N) is 1. The molecular formula is C36H33F2N7O4. The number of hydrogen-bond donors (Lipinski definition) is 2. The smallest absolute Gasteiger partial charge is 0.337 e. The van der Waals surface area contributed by atoms with Crippen LogP contribution >= 0.6 is 0 Å². The SMILES string of the molecule is CN(C)Cc1ccc(-c2cccc(-n3c(=O)n(C4CCC(NC(=O)c5cn6cc(F)ccc6n5)CC4)c(=O)c4cc(F)cnc43)c2)c(O)c1. The number of carbonyl (C=O) groups is 1. The van der Waals surface area contributed by atoms with Crippen LogP contribution < -0.4 is 16.6 Å². The maximum absolute atomic E-state index is 14.5. The minimum Gasteiger partial charge on any atom is -0.507 e. The molecule has 1 amide bonds. The van der Waals surface area contributed by atoms with Gasteiger partial charge >= 0.3 is 5.69 Å². The average Bonchev–Trinajstić information content (AvgIpc) is 3.49. The van der Waals surface area contributed by atoms with Crippen LogP contribution in [0.3, 0.4) is 0 Å². The van der Waals surface area contributed by atoms with E-state index in [0.29, 0.717) is 54.7 Å². The van der Waals surface area contributed by atoms with Crippen molar-refractivity contribution in [1.82, 2.24) is 33.7 Å². The standard InChI is InChI=1S/C36H33F2N7O4/c1-42(2)18-21-6-12-28(31(46)14-21)22-4-3-5-27(15-22)44-33-29(16-24(38)17-39-33)35(48)45(36(44)49)26-10-8-25(9-11-26)40-34(47)30-20-43-19-23(37)7-13-32(43)41-30/h3-7,12-17,19-20,25-26,46H,8-11,18H2,1-2H3,(H,40,47). The molecule has 4 aromatic heterocycles. The van der Waals surface area contributed by atoms with Crippen LogP contribution in [-0.4, -0.2) is 59.6 Å². The molecule has 2 aromatic carbocycles. The molecule has 1 aliphatic rings. The maximum Gasteiger partial charge on any atom is 0.337 e. The van der Waals surface area contributed by atoms with Crippen LogP contribution in [0.4, 0.5) is 8.78 Å². The molecule has 0 aliphatic heterocycles. The van der Waals surface area contributed by atoms with Crippen LogP contribution in [-0.2, 0) is 6.54 Å². The minimum absolute atomic E-state index is 0.0173. The average molecular weight is 666 g/mol. The normalized spacial score (nSPS) is 16.4. The maximum atomic E-state index is 14.5. The van der Waals surface area contributed by atoms with E-state index < -0.39 is 34.8 Å². The Morgan fingerprint density at radius 2 is 1.78 bits per heavy atom. The molecule has 0 bridgehead atoms. The lowest BCUT2D eigenvalue weighted by atomic mass is 9.90. The zero-order valence-corrected chi connectivity index (χ0v) is 26.8. The number of pyridine rings is 2. The Kier molecular flexibility index (Phi) is 8.28. The summed E-state index contributed by atoms with van der Waals surface area (Å²) >= 11 is 0. The van der Waals surface area contributed by atoms with Crippen LogP contribution in [0.5, 0.6) is 5.75 Å². The van der Waals surface area contributed by atoms with Gasteiger partial charge in [0.25, 0.3) is 11.5 Å². The second kappa shape index (κ2) is 12.7. The summed E-state index contributed by atoms with van der Waals surface area (Å²) < 4.78 is 32.0. The molecule has 1 aliphatic carbocycles.